The Morgan fingerprint density at radius 2 is 2.11 bits per heavy atom. The molecule has 2 aliphatic rings. The molecule has 0 radical (unpaired) electrons. The number of pyridine rings is 1. The molecule has 5 rings (SSSR count). The zero-order chi connectivity index (χ0) is 24.7. The predicted molar refractivity (Wildman–Crippen MR) is 128 cm³/mol. The summed E-state index contributed by atoms with van der Waals surface area (Å²) in [5, 5.41) is 17.8. The Morgan fingerprint density at radius 3 is 2.86 bits per heavy atom. The Kier molecular flexibility index (Phi) is 5.75. The molecule has 0 saturated heterocycles. The zero-order valence-corrected chi connectivity index (χ0v) is 19.5. The summed E-state index contributed by atoms with van der Waals surface area (Å²) in [7, 11) is 0. The monoisotopic (exact) mass is 478 g/mol. The summed E-state index contributed by atoms with van der Waals surface area (Å²) in [5.41, 5.74) is 0.459. The molecule has 1 fully saturated rings. The quantitative estimate of drug-likeness (QED) is 0.514. The van der Waals surface area contributed by atoms with Gasteiger partial charge < -0.3 is 20.1 Å². The number of fused-ring (bicyclic) bond motifs is 2. The van der Waals surface area contributed by atoms with Gasteiger partial charge in [-0.25, -0.2) is 0 Å². The largest absolute Gasteiger partial charge is 0.492 e. The third-order valence-corrected chi connectivity index (χ3v) is 5.89. The van der Waals surface area contributed by atoms with Crippen molar-refractivity contribution in [1.29, 1.82) is 0 Å². The van der Waals surface area contributed by atoms with E-state index in [1.807, 2.05) is 13.8 Å². The second-order valence-corrected chi connectivity index (χ2v) is 9.11. The number of nitrogens with one attached hydrogen (secondary N) is 1. The first-order valence-corrected chi connectivity index (χ1v) is 11.6. The van der Waals surface area contributed by atoms with E-state index in [2.05, 4.69) is 15.4 Å². The lowest BCUT2D eigenvalue weighted by Crippen LogP contribution is -2.37. The topological polar surface area (TPSA) is 131 Å². The second kappa shape index (κ2) is 8.90. The van der Waals surface area contributed by atoms with Crippen molar-refractivity contribution in [2.24, 2.45) is 5.92 Å². The molecule has 4 heterocycles. The van der Waals surface area contributed by atoms with Gasteiger partial charge in [0.1, 0.15) is 12.3 Å². The summed E-state index contributed by atoms with van der Waals surface area (Å²) in [4.78, 5) is 44.7. The van der Waals surface area contributed by atoms with E-state index in [0.29, 0.717) is 42.3 Å². The number of ether oxygens (including phenoxy) is 1. The first kappa shape index (κ1) is 22.6. The van der Waals surface area contributed by atoms with Crippen molar-refractivity contribution in [1.82, 2.24) is 24.5 Å². The fourth-order valence-corrected chi connectivity index (χ4v) is 4.10. The standard InChI is InChI=1S/C24H26N6O5/c1-14(2)13-29-22-15(3-6-19(31)28-9-10-35-18-12-25-8-7-17(18)28)11-26-30(22)24(34)20(23(29)33)21(32)27-16-4-5-16/h3,6-8,11-12,14,16,34H,4-5,9-10,13H2,1-2H3,(H,27,32). The summed E-state index contributed by atoms with van der Waals surface area (Å²) in [6.45, 7) is 4.92. The summed E-state index contributed by atoms with van der Waals surface area (Å²) >= 11 is 0. The smallest absolute Gasteiger partial charge is 0.270 e. The SMILES string of the molecule is CC(C)Cn1c(=O)c(C(=O)NC2CC2)c(O)n2ncc(C=CC(=O)N3CCOc4cnccc43)c12. The number of hydrogen-bond acceptors (Lipinski definition) is 7. The molecule has 11 nitrogen and oxygen atoms in total. The molecule has 182 valence electrons. The predicted octanol–water partition coefficient (Wildman–Crippen LogP) is 1.58. The second-order valence-electron chi connectivity index (χ2n) is 9.11. The molecule has 0 aromatic carbocycles. The molecular formula is C24H26N6O5. The fraction of sp³-hybridized carbons (Fsp3) is 0.375. The molecule has 1 aliphatic heterocycles. The molecule has 0 spiro atoms. The molecule has 11 heteroatoms. The van der Waals surface area contributed by atoms with Crippen LogP contribution in [0.3, 0.4) is 0 Å². The van der Waals surface area contributed by atoms with E-state index in [4.69, 9.17) is 4.74 Å². The van der Waals surface area contributed by atoms with Crippen LogP contribution in [0.5, 0.6) is 11.6 Å². The zero-order valence-electron chi connectivity index (χ0n) is 19.5. The molecule has 0 unspecified atom stereocenters. The highest BCUT2D eigenvalue weighted by Crippen LogP contribution is 2.30. The van der Waals surface area contributed by atoms with Gasteiger partial charge in [-0.15, -0.1) is 0 Å². The van der Waals surface area contributed by atoms with Gasteiger partial charge in [-0.3, -0.25) is 23.9 Å². The average Bonchev–Trinajstić information content (AvgIpc) is 3.55. The van der Waals surface area contributed by atoms with Gasteiger partial charge in [0.2, 0.25) is 5.88 Å². The molecule has 1 saturated carbocycles. The summed E-state index contributed by atoms with van der Waals surface area (Å²) < 4.78 is 8.16. The van der Waals surface area contributed by atoms with Crippen molar-refractivity contribution < 1.29 is 19.4 Å². The summed E-state index contributed by atoms with van der Waals surface area (Å²) in [5.74, 6) is -0.805. The molecule has 2 amide bonds. The van der Waals surface area contributed by atoms with Gasteiger partial charge in [0.25, 0.3) is 17.4 Å². The van der Waals surface area contributed by atoms with E-state index in [9.17, 15) is 19.5 Å². The van der Waals surface area contributed by atoms with Gasteiger partial charge in [-0.2, -0.15) is 9.61 Å². The minimum absolute atomic E-state index is 0.0266. The molecule has 0 atom stereocenters. The lowest BCUT2D eigenvalue weighted by molar-refractivity contribution is -0.114. The highest BCUT2D eigenvalue weighted by molar-refractivity contribution is 6.05. The van der Waals surface area contributed by atoms with E-state index in [1.165, 1.54) is 21.4 Å². The van der Waals surface area contributed by atoms with Gasteiger partial charge in [0, 0.05) is 30.4 Å². The number of aromatic hydroxyl groups is 1. The molecule has 3 aromatic rings. The Morgan fingerprint density at radius 1 is 1.31 bits per heavy atom. The van der Waals surface area contributed by atoms with Crippen molar-refractivity contribution in [2.45, 2.75) is 39.3 Å². The maximum absolute atomic E-state index is 13.3. The number of rotatable bonds is 6. The van der Waals surface area contributed by atoms with Gasteiger partial charge >= 0.3 is 0 Å². The maximum atomic E-state index is 13.3. The van der Waals surface area contributed by atoms with Crippen LogP contribution in [0.4, 0.5) is 5.69 Å². The van der Waals surface area contributed by atoms with Crippen LogP contribution in [0.25, 0.3) is 11.7 Å². The first-order chi connectivity index (χ1) is 16.8. The molecular weight excluding hydrogens is 452 g/mol. The van der Waals surface area contributed by atoms with E-state index >= 15 is 0 Å². The number of carbonyl (C=O) groups excluding carboxylic acids is 2. The van der Waals surface area contributed by atoms with Gasteiger partial charge in [0.05, 0.1) is 24.6 Å². The molecule has 0 bridgehead atoms. The first-order valence-electron chi connectivity index (χ1n) is 11.6. The number of aromatic nitrogens is 4. The average molecular weight is 479 g/mol. The minimum Gasteiger partial charge on any atom is -0.492 e. The maximum Gasteiger partial charge on any atom is 0.270 e. The number of nitrogens with zero attached hydrogens (tertiary/aromatic N) is 5. The van der Waals surface area contributed by atoms with Crippen LogP contribution >= 0.6 is 0 Å². The van der Waals surface area contributed by atoms with E-state index < -0.39 is 17.3 Å². The Balaban J connectivity index is 1.54. The van der Waals surface area contributed by atoms with Crippen molar-refractivity contribution >= 4 is 29.2 Å². The van der Waals surface area contributed by atoms with E-state index in [0.717, 1.165) is 12.8 Å². The van der Waals surface area contributed by atoms with Crippen LogP contribution in [0.1, 0.15) is 42.6 Å². The third kappa shape index (κ3) is 4.25. The highest BCUT2D eigenvalue weighted by atomic mass is 16.5. The van der Waals surface area contributed by atoms with Crippen molar-refractivity contribution in [3.63, 3.8) is 0 Å². The van der Waals surface area contributed by atoms with Crippen molar-refractivity contribution in [2.75, 3.05) is 18.1 Å². The normalized spacial score (nSPS) is 15.5. The van der Waals surface area contributed by atoms with Gasteiger partial charge in [-0.1, -0.05) is 13.8 Å². The molecule has 35 heavy (non-hydrogen) atoms. The van der Waals surface area contributed by atoms with Crippen LogP contribution in [0.15, 0.2) is 35.5 Å². The summed E-state index contributed by atoms with van der Waals surface area (Å²) in [6, 6.07) is 1.74. The van der Waals surface area contributed by atoms with Crippen LogP contribution in [-0.4, -0.2) is 55.3 Å². The molecule has 1 aliphatic carbocycles. The van der Waals surface area contributed by atoms with Crippen LogP contribution in [0, 0.1) is 5.92 Å². The molecule has 3 aromatic heterocycles. The lowest BCUT2D eigenvalue weighted by atomic mass is 10.2. The van der Waals surface area contributed by atoms with Crippen molar-refractivity contribution in [3.8, 4) is 11.6 Å². The Hall–Kier alpha value is -4.15. The number of amides is 2. The Labute approximate surface area is 200 Å². The van der Waals surface area contributed by atoms with Crippen LogP contribution < -0.4 is 20.5 Å². The highest BCUT2D eigenvalue weighted by Gasteiger charge is 2.30. The summed E-state index contributed by atoms with van der Waals surface area (Å²) in [6.07, 6.45) is 9.26. The Bertz CT molecular complexity index is 1400. The number of anilines is 1. The third-order valence-electron chi connectivity index (χ3n) is 5.89. The lowest BCUT2D eigenvalue weighted by Gasteiger charge is -2.28. The minimum atomic E-state index is -0.613. The number of carbonyl (C=O) groups is 2. The van der Waals surface area contributed by atoms with Crippen LogP contribution in [0.2, 0.25) is 0 Å². The molecule has 2 N–H and O–H groups in total. The van der Waals surface area contributed by atoms with Crippen LogP contribution in [-0.2, 0) is 11.3 Å². The number of hydrogen-bond donors (Lipinski definition) is 2. The van der Waals surface area contributed by atoms with Gasteiger partial charge in [0.15, 0.2) is 11.3 Å². The van der Waals surface area contributed by atoms with E-state index in [-0.39, 0.29) is 23.4 Å². The van der Waals surface area contributed by atoms with Gasteiger partial charge in [-0.05, 0) is 30.9 Å². The van der Waals surface area contributed by atoms with Crippen molar-refractivity contribution in [3.05, 3.63) is 52.2 Å². The fourth-order valence-electron chi connectivity index (χ4n) is 4.10. The van der Waals surface area contributed by atoms with E-state index in [1.54, 1.807) is 29.4 Å².